The number of aryl methyl sites for hydroxylation is 1. The molecule has 4 aliphatic rings. The van der Waals surface area contributed by atoms with Gasteiger partial charge in [0.1, 0.15) is 0 Å². The van der Waals surface area contributed by atoms with E-state index in [0.717, 1.165) is 60.3 Å². The monoisotopic (exact) mass is 425 g/mol. The maximum Gasteiger partial charge on any atom is 0.253 e. The van der Waals surface area contributed by atoms with Crippen LogP contribution in [-0.4, -0.2) is 31.0 Å². The van der Waals surface area contributed by atoms with Gasteiger partial charge >= 0.3 is 0 Å². The Labute approximate surface area is 184 Å². The van der Waals surface area contributed by atoms with Crippen LogP contribution in [0.3, 0.4) is 0 Å². The number of pyridine rings is 1. The van der Waals surface area contributed by atoms with Crippen LogP contribution in [-0.2, 0) is 6.42 Å². The van der Waals surface area contributed by atoms with Gasteiger partial charge in [0.2, 0.25) is 0 Å². The lowest BCUT2D eigenvalue weighted by molar-refractivity contribution is -0.0503. The van der Waals surface area contributed by atoms with Crippen LogP contribution in [0.25, 0.3) is 10.9 Å². The summed E-state index contributed by atoms with van der Waals surface area (Å²) in [5.74, 6) is 2.62. The Hall–Kier alpha value is -1.65. The molecule has 0 aliphatic heterocycles. The standard InChI is InChI=1S/C25H32ClN3O/c1-27-8-2-3-19-4-5-20-22(29-19)7-6-21(26)23(20)24(30)28-15-25-12-16-9-17(13-25)11-18(10-16)14-25/h4-7,16-18,27H,2-3,8-15H2,1H3,(H,28,30). The minimum absolute atomic E-state index is 0.0499. The van der Waals surface area contributed by atoms with Crippen molar-refractivity contribution in [2.45, 2.75) is 51.4 Å². The Morgan fingerprint density at radius 1 is 1.10 bits per heavy atom. The molecule has 2 aromatic rings. The summed E-state index contributed by atoms with van der Waals surface area (Å²) in [6.45, 7) is 1.76. The second kappa shape index (κ2) is 8.12. The minimum atomic E-state index is -0.0499. The molecule has 4 fully saturated rings. The predicted molar refractivity (Wildman–Crippen MR) is 122 cm³/mol. The molecule has 4 saturated carbocycles. The number of carbonyl (C=O) groups excluding carboxylic acids is 1. The number of nitrogens with one attached hydrogen (secondary N) is 2. The van der Waals surface area contributed by atoms with E-state index in [9.17, 15) is 4.79 Å². The van der Waals surface area contributed by atoms with Crippen molar-refractivity contribution >= 4 is 28.4 Å². The smallest absolute Gasteiger partial charge is 0.253 e. The van der Waals surface area contributed by atoms with Crippen LogP contribution in [0, 0.1) is 23.2 Å². The number of rotatable bonds is 7. The largest absolute Gasteiger partial charge is 0.351 e. The summed E-state index contributed by atoms with van der Waals surface area (Å²) >= 11 is 6.50. The molecule has 0 spiro atoms. The van der Waals surface area contributed by atoms with Crippen LogP contribution < -0.4 is 10.6 Å². The van der Waals surface area contributed by atoms with Crippen molar-refractivity contribution in [3.05, 3.63) is 40.5 Å². The van der Waals surface area contributed by atoms with Gasteiger partial charge < -0.3 is 10.6 Å². The molecule has 0 unspecified atom stereocenters. The number of halogens is 1. The molecule has 5 heteroatoms. The average Bonchev–Trinajstić information content (AvgIpc) is 2.71. The van der Waals surface area contributed by atoms with Crippen molar-refractivity contribution < 1.29 is 4.79 Å². The fourth-order valence-corrected chi connectivity index (χ4v) is 7.15. The lowest BCUT2D eigenvalue weighted by Crippen LogP contribution is -2.51. The van der Waals surface area contributed by atoms with Gasteiger partial charge in [0.15, 0.2) is 0 Å². The van der Waals surface area contributed by atoms with Gasteiger partial charge in [-0.25, -0.2) is 0 Å². The highest BCUT2D eigenvalue weighted by Crippen LogP contribution is 2.59. The van der Waals surface area contributed by atoms with Crippen molar-refractivity contribution in [1.29, 1.82) is 0 Å². The summed E-state index contributed by atoms with van der Waals surface area (Å²) < 4.78 is 0. The van der Waals surface area contributed by atoms with E-state index >= 15 is 0 Å². The third-order valence-electron chi connectivity index (χ3n) is 7.75. The fraction of sp³-hybridized carbons (Fsp3) is 0.600. The lowest BCUT2D eigenvalue weighted by atomic mass is 9.49. The van der Waals surface area contributed by atoms with E-state index < -0.39 is 0 Å². The summed E-state index contributed by atoms with van der Waals surface area (Å²) in [6, 6.07) is 7.79. The molecule has 1 aromatic carbocycles. The van der Waals surface area contributed by atoms with Gasteiger partial charge in [0, 0.05) is 17.6 Å². The first-order chi connectivity index (χ1) is 14.5. The average molecular weight is 426 g/mol. The van der Waals surface area contributed by atoms with E-state index in [0.29, 0.717) is 16.0 Å². The molecular weight excluding hydrogens is 394 g/mol. The van der Waals surface area contributed by atoms with Gasteiger partial charge in [-0.05, 0) is 106 Å². The van der Waals surface area contributed by atoms with Crippen LogP contribution in [0.4, 0.5) is 0 Å². The molecule has 1 amide bonds. The first-order valence-corrected chi connectivity index (χ1v) is 11.9. The van der Waals surface area contributed by atoms with E-state index in [2.05, 4.69) is 10.6 Å². The van der Waals surface area contributed by atoms with Crippen LogP contribution in [0.5, 0.6) is 0 Å². The highest BCUT2D eigenvalue weighted by Gasteiger charge is 2.50. The Morgan fingerprint density at radius 2 is 1.80 bits per heavy atom. The summed E-state index contributed by atoms with van der Waals surface area (Å²) in [4.78, 5) is 18.0. The molecule has 1 heterocycles. The third kappa shape index (κ3) is 3.85. The molecule has 6 rings (SSSR count). The predicted octanol–water partition coefficient (Wildman–Crippen LogP) is 4.99. The highest BCUT2D eigenvalue weighted by molar-refractivity contribution is 6.35. The van der Waals surface area contributed by atoms with E-state index in [4.69, 9.17) is 16.6 Å². The van der Waals surface area contributed by atoms with E-state index in [1.54, 1.807) is 0 Å². The lowest BCUT2D eigenvalue weighted by Gasteiger charge is -2.56. The molecular formula is C25H32ClN3O. The number of hydrogen-bond acceptors (Lipinski definition) is 3. The number of fused-ring (bicyclic) bond motifs is 1. The first-order valence-electron chi connectivity index (χ1n) is 11.6. The Balaban J connectivity index is 1.33. The zero-order valence-electron chi connectivity index (χ0n) is 17.8. The van der Waals surface area contributed by atoms with Gasteiger partial charge in [-0.2, -0.15) is 0 Å². The number of benzene rings is 1. The van der Waals surface area contributed by atoms with Crippen molar-refractivity contribution in [3.63, 3.8) is 0 Å². The van der Waals surface area contributed by atoms with Crippen molar-refractivity contribution in [2.24, 2.45) is 23.2 Å². The number of hydrogen-bond donors (Lipinski definition) is 2. The Morgan fingerprint density at radius 3 is 2.47 bits per heavy atom. The number of aromatic nitrogens is 1. The van der Waals surface area contributed by atoms with Crippen LogP contribution in [0.2, 0.25) is 5.02 Å². The SMILES string of the molecule is CNCCCc1ccc2c(C(=O)NCC34CC5CC(CC(C5)C3)C4)c(Cl)ccc2n1. The van der Waals surface area contributed by atoms with Crippen molar-refractivity contribution in [3.8, 4) is 0 Å². The zero-order chi connectivity index (χ0) is 20.7. The summed E-state index contributed by atoms with van der Waals surface area (Å²) in [5, 5.41) is 7.81. The Bertz CT molecular complexity index is 922. The van der Waals surface area contributed by atoms with Crippen LogP contribution in [0.15, 0.2) is 24.3 Å². The number of nitrogens with zero attached hydrogens (tertiary/aromatic N) is 1. The van der Waals surface area contributed by atoms with E-state index in [1.165, 1.54) is 38.5 Å². The van der Waals surface area contributed by atoms with Crippen molar-refractivity contribution in [2.75, 3.05) is 20.1 Å². The second-order valence-corrected chi connectivity index (χ2v) is 10.5. The van der Waals surface area contributed by atoms with Gasteiger partial charge in [-0.1, -0.05) is 17.7 Å². The molecule has 4 nitrogen and oxygen atoms in total. The normalized spacial score (nSPS) is 29.5. The van der Waals surface area contributed by atoms with Crippen LogP contribution in [0.1, 0.15) is 61.0 Å². The number of carbonyl (C=O) groups is 1. The quantitative estimate of drug-likeness (QED) is 0.614. The van der Waals surface area contributed by atoms with Gasteiger partial charge in [0.05, 0.1) is 16.1 Å². The molecule has 0 radical (unpaired) electrons. The molecule has 0 saturated heterocycles. The van der Waals surface area contributed by atoms with E-state index in [-0.39, 0.29) is 5.91 Å². The Kier molecular flexibility index (Phi) is 5.49. The molecule has 0 atom stereocenters. The highest BCUT2D eigenvalue weighted by atomic mass is 35.5. The van der Waals surface area contributed by atoms with Crippen molar-refractivity contribution in [1.82, 2.24) is 15.6 Å². The second-order valence-electron chi connectivity index (χ2n) is 10.1. The topological polar surface area (TPSA) is 54.0 Å². The number of amides is 1. The molecule has 30 heavy (non-hydrogen) atoms. The molecule has 160 valence electrons. The van der Waals surface area contributed by atoms with Crippen LogP contribution >= 0.6 is 11.6 Å². The summed E-state index contributed by atoms with van der Waals surface area (Å²) in [7, 11) is 1.96. The third-order valence-corrected chi connectivity index (χ3v) is 8.07. The van der Waals surface area contributed by atoms with Gasteiger partial charge in [0.25, 0.3) is 5.91 Å². The van der Waals surface area contributed by atoms with Gasteiger partial charge in [-0.15, -0.1) is 0 Å². The van der Waals surface area contributed by atoms with Gasteiger partial charge in [-0.3, -0.25) is 9.78 Å². The summed E-state index contributed by atoms with van der Waals surface area (Å²) in [5.41, 5.74) is 2.80. The maximum atomic E-state index is 13.2. The van der Waals surface area contributed by atoms with E-state index in [1.807, 2.05) is 31.3 Å². The molecule has 4 bridgehead atoms. The fourth-order valence-electron chi connectivity index (χ4n) is 6.90. The molecule has 2 N–H and O–H groups in total. The molecule has 1 aromatic heterocycles. The summed E-state index contributed by atoms with van der Waals surface area (Å²) in [6.07, 6.45) is 10.1. The zero-order valence-corrected chi connectivity index (χ0v) is 18.6. The molecule has 4 aliphatic carbocycles. The minimum Gasteiger partial charge on any atom is -0.351 e. The first kappa shape index (κ1) is 20.3. The maximum absolute atomic E-state index is 13.2.